The summed E-state index contributed by atoms with van der Waals surface area (Å²) in [6.07, 6.45) is 3.63. The highest BCUT2D eigenvalue weighted by Gasteiger charge is 2.41. The van der Waals surface area contributed by atoms with E-state index >= 15 is 0 Å². The van der Waals surface area contributed by atoms with Crippen molar-refractivity contribution >= 4 is 18.1 Å². The van der Waals surface area contributed by atoms with E-state index in [4.69, 9.17) is 0 Å². The summed E-state index contributed by atoms with van der Waals surface area (Å²) >= 11 is 0. The summed E-state index contributed by atoms with van der Waals surface area (Å²) in [5.41, 5.74) is -0.243. The van der Waals surface area contributed by atoms with Gasteiger partial charge in [0.15, 0.2) is 6.29 Å². The lowest BCUT2D eigenvalue weighted by Gasteiger charge is -2.44. The molecule has 0 spiro atoms. The number of hydrogen-bond acceptors (Lipinski definition) is 5. The van der Waals surface area contributed by atoms with Crippen LogP contribution in [0.25, 0.3) is 0 Å². The number of carbonyl (C=O) groups is 2. The van der Waals surface area contributed by atoms with Crippen molar-refractivity contribution in [2.24, 2.45) is 0 Å². The van der Waals surface area contributed by atoms with Crippen molar-refractivity contribution in [3.8, 4) is 0 Å². The number of hydrogen-bond donors (Lipinski definition) is 0. The molecular weight excluding hydrogens is 232 g/mol. The lowest BCUT2D eigenvalue weighted by Crippen LogP contribution is -2.62. The Kier molecular flexibility index (Phi) is 3.02. The molecule has 0 aromatic carbocycles. The first kappa shape index (κ1) is 12.5. The van der Waals surface area contributed by atoms with E-state index in [-0.39, 0.29) is 5.91 Å². The highest BCUT2D eigenvalue weighted by Crippen LogP contribution is 2.25. The van der Waals surface area contributed by atoms with Crippen LogP contribution < -0.4 is 4.90 Å². The Morgan fingerprint density at radius 3 is 2.44 bits per heavy atom. The predicted octanol–water partition coefficient (Wildman–Crippen LogP) is 0.346. The van der Waals surface area contributed by atoms with E-state index in [0.29, 0.717) is 30.9 Å². The predicted molar refractivity (Wildman–Crippen MR) is 66.5 cm³/mol. The molecule has 0 bridgehead atoms. The zero-order valence-corrected chi connectivity index (χ0v) is 10.8. The minimum atomic E-state index is -0.671. The van der Waals surface area contributed by atoms with Gasteiger partial charge < -0.3 is 9.80 Å². The van der Waals surface area contributed by atoms with Crippen LogP contribution in [0.15, 0.2) is 12.4 Å². The van der Waals surface area contributed by atoms with Crippen molar-refractivity contribution in [2.75, 3.05) is 25.0 Å². The van der Waals surface area contributed by atoms with Crippen LogP contribution in [0, 0.1) is 0 Å². The summed E-state index contributed by atoms with van der Waals surface area (Å²) in [5, 5.41) is 0. The molecule has 0 aliphatic carbocycles. The molecule has 2 rings (SSSR count). The van der Waals surface area contributed by atoms with Crippen LogP contribution in [0.4, 0.5) is 5.95 Å². The summed E-state index contributed by atoms with van der Waals surface area (Å²) in [6, 6.07) is 0. The smallest absolute Gasteiger partial charge is 0.247 e. The molecular formula is C12H16N4O2. The van der Waals surface area contributed by atoms with Gasteiger partial charge in [0, 0.05) is 32.5 Å². The fraction of sp³-hybridized carbons (Fsp3) is 0.500. The van der Waals surface area contributed by atoms with Crippen molar-refractivity contribution in [1.82, 2.24) is 14.9 Å². The fourth-order valence-corrected chi connectivity index (χ4v) is 2.10. The minimum Gasteiger partial charge on any atom is -0.342 e. The number of nitrogens with zero attached hydrogens (tertiary/aromatic N) is 4. The molecule has 1 aromatic rings. The lowest BCUT2D eigenvalue weighted by molar-refractivity contribution is -0.136. The molecule has 1 amide bonds. The van der Waals surface area contributed by atoms with Crippen LogP contribution in [0.1, 0.15) is 24.2 Å². The lowest BCUT2D eigenvalue weighted by atomic mass is 9.98. The molecule has 6 heteroatoms. The molecule has 0 unspecified atom stereocenters. The monoisotopic (exact) mass is 248 g/mol. The first-order valence-electron chi connectivity index (χ1n) is 5.77. The second-order valence-electron chi connectivity index (χ2n) is 4.87. The number of aldehydes is 1. The normalized spacial score (nSPS) is 18.9. The fourth-order valence-electron chi connectivity index (χ4n) is 2.10. The zero-order chi connectivity index (χ0) is 13.3. The molecule has 0 saturated carbocycles. The van der Waals surface area contributed by atoms with Gasteiger partial charge in [-0.1, -0.05) is 0 Å². The van der Waals surface area contributed by atoms with Crippen molar-refractivity contribution in [2.45, 2.75) is 19.4 Å². The number of amides is 1. The van der Waals surface area contributed by atoms with E-state index in [1.807, 2.05) is 18.7 Å². The topological polar surface area (TPSA) is 66.4 Å². The van der Waals surface area contributed by atoms with Crippen LogP contribution in [0.3, 0.4) is 0 Å². The molecule has 96 valence electrons. The Balaban J connectivity index is 2.31. The molecule has 1 saturated heterocycles. The van der Waals surface area contributed by atoms with Crippen molar-refractivity contribution < 1.29 is 9.59 Å². The van der Waals surface area contributed by atoms with E-state index in [2.05, 4.69) is 9.97 Å². The Hall–Kier alpha value is -1.98. The number of aromatic nitrogens is 2. The second-order valence-corrected chi connectivity index (χ2v) is 4.87. The minimum absolute atomic E-state index is 0.0387. The summed E-state index contributed by atoms with van der Waals surface area (Å²) in [4.78, 5) is 34.5. The molecule has 0 atom stereocenters. The summed E-state index contributed by atoms with van der Waals surface area (Å²) in [5.74, 6) is 0.517. The third kappa shape index (κ3) is 1.94. The number of piperazine rings is 1. The standard InChI is InChI=1S/C12H16N4O2/c1-12(2)10(18)15(3)4-5-16(12)11-13-6-9(8-17)7-14-11/h6-8H,4-5H2,1-3H3. The van der Waals surface area contributed by atoms with Gasteiger partial charge >= 0.3 is 0 Å². The average Bonchev–Trinajstić information content (AvgIpc) is 2.36. The van der Waals surface area contributed by atoms with Crippen molar-refractivity contribution in [3.63, 3.8) is 0 Å². The van der Waals surface area contributed by atoms with Gasteiger partial charge in [-0.15, -0.1) is 0 Å². The van der Waals surface area contributed by atoms with Gasteiger partial charge in [-0.05, 0) is 13.8 Å². The Morgan fingerprint density at radius 1 is 1.28 bits per heavy atom. The van der Waals surface area contributed by atoms with E-state index in [0.717, 1.165) is 0 Å². The van der Waals surface area contributed by atoms with E-state index < -0.39 is 5.54 Å². The largest absolute Gasteiger partial charge is 0.342 e. The number of carbonyl (C=O) groups excluding carboxylic acids is 2. The zero-order valence-electron chi connectivity index (χ0n) is 10.8. The number of rotatable bonds is 2. The highest BCUT2D eigenvalue weighted by molar-refractivity contribution is 5.89. The first-order valence-corrected chi connectivity index (χ1v) is 5.77. The van der Waals surface area contributed by atoms with Crippen LogP contribution in [0.2, 0.25) is 0 Å². The van der Waals surface area contributed by atoms with Gasteiger partial charge in [-0.25, -0.2) is 9.97 Å². The second kappa shape index (κ2) is 4.36. The van der Waals surface area contributed by atoms with E-state index in [1.54, 1.807) is 11.9 Å². The molecule has 18 heavy (non-hydrogen) atoms. The first-order chi connectivity index (χ1) is 8.46. The van der Waals surface area contributed by atoms with Gasteiger partial charge in [0.1, 0.15) is 5.54 Å². The Morgan fingerprint density at radius 2 is 1.89 bits per heavy atom. The SMILES string of the molecule is CN1CCN(c2ncc(C=O)cn2)C(C)(C)C1=O. The highest BCUT2D eigenvalue weighted by atomic mass is 16.2. The summed E-state index contributed by atoms with van der Waals surface area (Å²) < 4.78 is 0. The van der Waals surface area contributed by atoms with Crippen molar-refractivity contribution in [3.05, 3.63) is 18.0 Å². The van der Waals surface area contributed by atoms with Gasteiger partial charge in [-0.2, -0.15) is 0 Å². The molecule has 1 aromatic heterocycles. The molecule has 6 nitrogen and oxygen atoms in total. The molecule has 1 aliphatic heterocycles. The quantitative estimate of drug-likeness (QED) is 0.706. The maximum atomic E-state index is 12.1. The Labute approximate surface area is 106 Å². The average molecular weight is 248 g/mol. The van der Waals surface area contributed by atoms with Gasteiger partial charge in [0.05, 0.1) is 5.56 Å². The van der Waals surface area contributed by atoms with Crippen LogP contribution in [-0.4, -0.2) is 52.7 Å². The maximum absolute atomic E-state index is 12.1. The third-order valence-corrected chi connectivity index (χ3v) is 3.24. The summed E-state index contributed by atoms with van der Waals surface area (Å²) in [7, 11) is 1.79. The molecule has 2 heterocycles. The molecule has 1 aliphatic rings. The molecule has 1 fully saturated rings. The molecule has 0 radical (unpaired) electrons. The van der Waals surface area contributed by atoms with E-state index in [1.165, 1.54) is 12.4 Å². The third-order valence-electron chi connectivity index (χ3n) is 3.24. The maximum Gasteiger partial charge on any atom is 0.247 e. The van der Waals surface area contributed by atoms with Crippen LogP contribution in [-0.2, 0) is 4.79 Å². The van der Waals surface area contributed by atoms with Crippen LogP contribution in [0.5, 0.6) is 0 Å². The molecule has 0 N–H and O–H groups in total. The number of anilines is 1. The van der Waals surface area contributed by atoms with Gasteiger partial charge in [-0.3, -0.25) is 9.59 Å². The van der Waals surface area contributed by atoms with Gasteiger partial charge in [0.2, 0.25) is 11.9 Å². The summed E-state index contributed by atoms with van der Waals surface area (Å²) in [6.45, 7) is 5.01. The van der Waals surface area contributed by atoms with E-state index in [9.17, 15) is 9.59 Å². The Bertz CT molecular complexity index is 469. The van der Waals surface area contributed by atoms with Gasteiger partial charge in [0.25, 0.3) is 0 Å². The number of likely N-dealkylation sites (N-methyl/N-ethyl adjacent to an activating group) is 1. The van der Waals surface area contributed by atoms with Crippen LogP contribution >= 0.6 is 0 Å². The van der Waals surface area contributed by atoms with Crippen molar-refractivity contribution in [1.29, 1.82) is 0 Å².